The summed E-state index contributed by atoms with van der Waals surface area (Å²) in [6.07, 6.45) is 0.701. The first-order valence-electron chi connectivity index (χ1n) is 8.92. The van der Waals surface area contributed by atoms with Gasteiger partial charge in [0.05, 0.1) is 12.3 Å². The highest BCUT2D eigenvalue weighted by Gasteiger charge is 2.21. The van der Waals surface area contributed by atoms with Crippen LogP contribution in [-0.2, 0) is 0 Å². The number of halogens is 1. The molecule has 140 valence electrons. The Morgan fingerprint density at radius 1 is 0.964 bits per heavy atom. The molecule has 1 aliphatic heterocycles. The van der Waals surface area contributed by atoms with Crippen LogP contribution in [0.25, 0.3) is 0 Å². The standard InChI is InChI=1S/C22H18ClN3O2/c23-17-11-9-16(10-12-17)21-13-14-26(25-21)22(27)24-18-5-4-8-20(15-18)28-19-6-2-1-3-7-19/h1-12,15H,13-14H2,(H,24,27). The maximum Gasteiger partial charge on any atom is 0.342 e. The van der Waals surface area contributed by atoms with E-state index in [1.165, 1.54) is 5.01 Å². The lowest BCUT2D eigenvalue weighted by molar-refractivity contribution is 0.219. The molecule has 0 fully saturated rings. The molecule has 1 N–H and O–H groups in total. The second-order valence-electron chi connectivity index (χ2n) is 6.30. The molecular weight excluding hydrogens is 374 g/mol. The fourth-order valence-corrected chi connectivity index (χ4v) is 3.02. The normalized spacial score (nSPS) is 13.2. The van der Waals surface area contributed by atoms with Gasteiger partial charge in [-0.1, -0.05) is 48.0 Å². The highest BCUT2D eigenvalue weighted by atomic mass is 35.5. The molecule has 0 aromatic heterocycles. The maximum atomic E-state index is 12.6. The van der Waals surface area contributed by atoms with Gasteiger partial charge in [-0.3, -0.25) is 0 Å². The molecule has 3 aromatic carbocycles. The molecule has 1 heterocycles. The van der Waals surface area contributed by atoms with E-state index in [0.717, 1.165) is 17.0 Å². The molecule has 3 aromatic rings. The number of hydrogen-bond donors (Lipinski definition) is 1. The quantitative estimate of drug-likeness (QED) is 0.613. The number of amides is 2. The van der Waals surface area contributed by atoms with Gasteiger partial charge in [0.1, 0.15) is 11.5 Å². The predicted octanol–water partition coefficient (Wildman–Crippen LogP) is 5.77. The van der Waals surface area contributed by atoms with Crippen LogP contribution >= 0.6 is 11.6 Å². The Morgan fingerprint density at radius 2 is 1.71 bits per heavy atom. The number of ether oxygens (including phenoxy) is 1. The summed E-state index contributed by atoms with van der Waals surface area (Å²) < 4.78 is 5.81. The largest absolute Gasteiger partial charge is 0.457 e. The first kappa shape index (κ1) is 18.1. The summed E-state index contributed by atoms with van der Waals surface area (Å²) in [5.74, 6) is 1.39. The van der Waals surface area contributed by atoms with E-state index in [9.17, 15) is 4.79 Å². The fourth-order valence-electron chi connectivity index (χ4n) is 2.90. The number of hydrogen-bond acceptors (Lipinski definition) is 3. The van der Waals surface area contributed by atoms with Gasteiger partial charge in [0.15, 0.2) is 0 Å². The Balaban J connectivity index is 1.42. The molecule has 0 atom stereocenters. The lowest BCUT2D eigenvalue weighted by Crippen LogP contribution is -2.28. The Bertz CT molecular complexity index is 1000. The second-order valence-corrected chi connectivity index (χ2v) is 6.74. The maximum absolute atomic E-state index is 12.6. The second kappa shape index (κ2) is 8.15. The van der Waals surface area contributed by atoms with Gasteiger partial charge in [0.2, 0.25) is 0 Å². The van der Waals surface area contributed by atoms with Crippen molar-refractivity contribution in [3.8, 4) is 11.5 Å². The summed E-state index contributed by atoms with van der Waals surface area (Å²) in [7, 11) is 0. The summed E-state index contributed by atoms with van der Waals surface area (Å²) in [6, 6.07) is 24.0. The smallest absolute Gasteiger partial charge is 0.342 e. The van der Waals surface area contributed by atoms with Crippen LogP contribution in [-0.4, -0.2) is 23.3 Å². The van der Waals surface area contributed by atoms with Crippen LogP contribution in [0.2, 0.25) is 5.02 Å². The van der Waals surface area contributed by atoms with Crippen LogP contribution in [0.3, 0.4) is 0 Å². The number of benzene rings is 3. The van der Waals surface area contributed by atoms with E-state index in [2.05, 4.69) is 10.4 Å². The molecule has 2 amide bonds. The first-order valence-corrected chi connectivity index (χ1v) is 9.30. The van der Waals surface area contributed by atoms with Crippen LogP contribution < -0.4 is 10.1 Å². The van der Waals surface area contributed by atoms with E-state index < -0.39 is 0 Å². The summed E-state index contributed by atoms with van der Waals surface area (Å²) in [6.45, 7) is 0.532. The number of nitrogens with zero attached hydrogens (tertiary/aromatic N) is 2. The molecule has 6 heteroatoms. The van der Waals surface area contributed by atoms with Gasteiger partial charge in [-0.15, -0.1) is 0 Å². The van der Waals surface area contributed by atoms with Crippen molar-refractivity contribution in [3.63, 3.8) is 0 Å². The summed E-state index contributed by atoms with van der Waals surface area (Å²) in [5.41, 5.74) is 2.49. The van der Waals surface area contributed by atoms with Crippen molar-refractivity contribution >= 4 is 29.0 Å². The van der Waals surface area contributed by atoms with Gasteiger partial charge in [-0.05, 0) is 42.0 Å². The van der Waals surface area contributed by atoms with Crippen molar-refractivity contribution in [3.05, 3.63) is 89.4 Å². The van der Waals surface area contributed by atoms with Crippen LogP contribution in [0.1, 0.15) is 12.0 Å². The zero-order chi connectivity index (χ0) is 19.3. The Hall–Kier alpha value is -3.31. The van der Waals surface area contributed by atoms with Crippen molar-refractivity contribution in [2.75, 3.05) is 11.9 Å². The van der Waals surface area contributed by atoms with Crippen molar-refractivity contribution in [2.45, 2.75) is 6.42 Å². The summed E-state index contributed by atoms with van der Waals surface area (Å²) >= 11 is 5.93. The highest BCUT2D eigenvalue weighted by Crippen LogP contribution is 2.24. The number of para-hydroxylation sites is 1. The molecule has 0 spiro atoms. The van der Waals surface area contributed by atoms with Crippen molar-refractivity contribution < 1.29 is 9.53 Å². The average Bonchev–Trinajstić information content (AvgIpc) is 3.20. The number of urea groups is 1. The molecule has 0 saturated heterocycles. The Morgan fingerprint density at radius 3 is 2.50 bits per heavy atom. The zero-order valence-electron chi connectivity index (χ0n) is 15.0. The minimum atomic E-state index is -0.277. The molecule has 0 saturated carbocycles. The highest BCUT2D eigenvalue weighted by molar-refractivity contribution is 6.30. The van der Waals surface area contributed by atoms with E-state index in [0.29, 0.717) is 29.4 Å². The molecule has 0 unspecified atom stereocenters. The molecule has 0 aliphatic carbocycles. The number of rotatable bonds is 4. The third-order valence-electron chi connectivity index (χ3n) is 4.28. The summed E-state index contributed by atoms with van der Waals surface area (Å²) in [4.78, 5) is 12.6. The molecule has 0 bridgehead atoms. The average molecular weight is 392 g/mol. The minimum Gasteiger partial charge on any atom is -0.457 e. The molecule has 28 heavy (non-hydrogen) atoms. The third-order valence-corrected chi connectivity index (χ3v) is 4.53. The zero-order valence-corrected chi connectivity index (χ0v) is 15.8. The number of carbonyl (C=O) groups is 1. The monoisotopic (exact) mass is 391 g/mol. The fraction of sp³-hybridized carbons (Fsp3) is 0.0909. The summed E-state index contributed by atoms with van der Waals surface area (Å²) in [5, 5.41) is 9.42. The Labute approximate surface area is 168 Å². The topological polar surface area (TPSA) is 53.9 Å². The van der Waals surface area contributed by atoms with Gasteiger partial charge in [-0.2, -0.15) is 5.10 Å². The lowest BCUT2D eigenvalue weighted by Gasteiger charge is -2.13. The minimum absolute atomic E-state index is 0.277. The number of nitrogens with one attached hydrogen (secondary N) is 1. The predicted molar refractivity (Wildman–Crippen MR) is 111 cm³/mol. The van der Waals surface area contributed by atoms with Crippen molar-refractivity contribution in [1.29, 1.82) is 0 Å². The van der Waals surface area contributed by atoms with E-state index >= 15 is 0 Å². The lowest BCUT2D eigenvalue weighted by atomic mass is 10.1. The van der Waals surface area contributed by atoms with Crippen LogP contribution in [0.5, 0.6) is 11.5 Å². The molecular formula is C22H18ClN3O2. The van der Waals surface area contributed by atoms with Gasteiger partial charge in [0.25, 0.3) is 0 Å². The van der Waals surface area contributed by atoms with Gasteiger partial charge < -0.3 is 10.1 Å². The SMILES string of the molecule is O=C(Nc1cccc(Oc2ccccc2)c1)N1CCC(c2ccc(Cl)cc2)=N1. The van der Waals surface area contributed by atoms with Crippen LogP contribution in [0.15, 0.2) is 84.0 Å². The third kappa shape index (κ3) is 4.32. The van der Waals surface area contributed by atoms with Gasteiger partial charge >= 0.3 is 6.03 Å². The molecule has 0 radical (unpaired) electrons. The van der Waals surface area contributed by atoms with E-state index in [4.69, 9.17) is 16.3 Å². The van der Waals surface area contributed by atoms with Crippen LogP contribution in [0, 0.1) is 0 Å². The molecule has 4 rings (SSSR count). The van der Waals surface area contributed by atoms with E-state index in [1.807, 2.05) is 72.8 Å². The van der Waals surface area contributed by atoms with Gasteiger partial charge in [0, 0.05) is 23.2 Å². The first-order chi connectivity index (χ1) is 13.7. The van der Waals surface area contributed by atoms with Crippen molar-refractivity contribution in [2.24, 2.45) is 5.10 Å². The Kier molecular flexibility index (Phi) is 5.26. The number of carbonyl (C=O) groups excluding carboxylic acids is 1. The van der Waals surface area contributed by atoms with Gasteiger partial charge in [-0.25, -0.2) is 9.80 Å². The van der Waals surface area contributed by atoms with E-state index in [-0.39, 0.29) is 6.03 Å². The van der Waals surface area contributed by atoms with Crippen molar-refractivity contribution in [1.82, 2.24) is 5.01 Å². The van der Waals surface area contributed by atoms with E-state index in [1.54, 1.807) is 6.07 Å². The molecule has 1 aliphatic rings. The van der Waals surface area contributed by atoms with Crippen LogP contribution in [0.4, 0.5) is 10.5 Å². The number of anilines is 1. The molecule has 5 nitrogen and oxygen atoms in total. The number of hydrazone groups is 1.